The van der Waals surface area contributed by atoms with Gasteiger partial charge in [-0.25, -0.2) is 5.43 Å². The molecule has 1 amide bonds. The lowest BCUT2D eigenvalue weighted by Gasteiger charge is -2.04. The van der Waals surface area contributed by atoms with Gasteiger partial charge in [0.15, 0.2) is 0 Å². The molecule has 0 saturated heterocycles. The predicted molar refractivity (Wildman–Crippen MR) is 89.4 cm³/mol. The Labute approximate surface area is 133 Å². The van der Waals surface area contributed by atoms with Crippen molar-refractivity contribution in [2.45, 2.75) is 20.3 Å². The van der Waals surface area contributed by atoms with Gasteiger partial charge >= 0.3 is 0 Å². The number of nitrogens with zero attached hydrogens (tertiary/aromatic N) is 1. The zero-order valence-corrected chi connectivity index (χ0v) is 13.6. The monoisotopic (exact) mass is 344 g/mol. The lowest BCUT2D eigenvalue weighted by molar-refractivity contribution is -0.120. The first-order valence-electron chi connectivity index (χ1n) is 6.69. The number of benzene rings is 2. The van der Waals surface area contributed by atoms with Gasteiger partial charge in [-0.2, -0.15) is 5.10 Å². The highest BCUT2D eigenvalue weighted by Gasteiger charge is 2.03. The van der Waals surface area contributed by atoms with E-state index < -0.39 is 0 Å². The SMILES string of the molecule is C/C(=N\NC(=O)Cc1ccc(C)cc1)c1ccc(Br)cc1. The van der Waals surface area contributed by atoms with Crippen LogP contribution in [0.5, 0.6) is 0 Å². The smallest absolute Gasteiger partial charge is 0.244 e. The van der Waals surface area contributed by atoms with Crippen molar-refractivity contribution in [3.05, 3.63) is 69.7 Å². The average Bonchev–Trinajstić information content (AvgIpc) is 2.48. The maximum Gasteiger partial charge on any atom is 0.244 e. The molecule has 0 aromatic heterocycles. The molecule has 0 saturated carbocycles. The Morgan fingerprint density at radius 2 is 1.71 bits per heavy atom. The van der Waals surface area contributed by atoms with Gasteiger partial charge in [0, 0.05) is 4.47 Å². The van der Waals surface area contributed by atoms with E-state index in [2.05, 4.69) is 26.5 Å². The fraction of sp³-hybridized carbons (Fsp3) is 0.176. The van der Waals surface area contributed by atoms with Crippen LogP contribution in [0.25, 0.3) is 0 Å². The van der Waals surface area contributed by atoms with Crippen LogP contribution in [0.15, 0.2) is 58.1 Å². The molecule has 0 aliphatic rings. The topological polar surface area (TPSA) is 41.5 Å². The fourth-order valence-electron chi connectivity index (χ4n) is 1.83. The second kappa shape index (κ2) is 7.18. The molecule has 2 aromatic rings. The van der Waals surface area contributed by atoms with Gasteiger partial charge in [0.2, 0.25) is 5.91 Å². The van der Waals surface area contributed by atoms with Gasteiger partial charge in [-0.1, -0.05) is 57.9 Å². The highest BCUT2D eigenvalue weighted by Crippen LogP contribution is 2.11. The van der Waals surface area contributed by atoms with Crippen LogP contribution in [0.3, 0.4) is 0 Å². The quantitative estimate of drug-likeness (QED) is 0.664. The lowest BCUT2D eigenvalue weighted by Crippen LogP contribution is -2.21. The summed E-state index contributed by atoms with van der Waals surface area (Å²) in [5.41, 5.74) is 6.52. The summed E-state index contributed by atoms with van der Waals surface area (Å²) < 4.78 is 1.02. The van der Waals surface area contributed by atoms with Gasteiger partial charge in [-0.15, -0.1) is 0 Å². The normalized spacial score (nSPS) is 11.3. The number of amides is 1. The van der Waals surface area contributed by atoms with Crippen molar-refractivity contribution in [1.29, 1.82) is 0 Å². The Bertz CT molecular complexity index is 645. The van der Waals surface area contributed by atoms with Crippen molar-refractivity contribution in [2.75, 3.05) is 0 Å². The van der Waals surface area contributed by atoms with E-state index in [9.17, 15) is 4.79 Å². The molecule has 0 fully saturated rings. The van der Waals surface area contributed by atoms with E-state index in [-0.39, 0.29) is 5.91 Å². The van der Waals surface area contributed by atoms with Crippen molar-refractivity contribution in [1.82, 2.24) is 5.43 Å². The number of rotatable bonds is 4. The van der Waals surface area contributed by atoms with Crippen LogP contribution in [-0.4, -0.2) is 11.6 Å². The number of aryl methyl sites for hydroxylation is 1. The lowest BCUT2D eigenvalue weighted by atomic mass is 10.1. The molecule has 0 aliphatic heterocycles. The first-order valence-corrected chi connectivity index (χ1v) is 7.48. The second-order valence-electron chi connectivity index (χ2n) is 4.90. The van der Waals surface area contributed by atoms with Crippen molar-refractivity contribution in [2.24, 2.45) is 5.10 Å². The molecule has 4 heteroatoms. The highest BCUT2D eigenvalue weighted by molar-refractivity contribution is 9.10. The summed E-state index contributed by atoms with van der Waals surface area (Å²) in [4.78, 5) is 11.9. The molecular weight excluding hydrogens is 328 g/mol. The Kier molecular flexibility index (Phi) is 5.28. The molecule has 2 rings (SSSR count). The number of carbonyl (C=O) groups is 1. The number of hydrogen-bond acceptors (Lipinski definition) is 2. The molecule has 0 spiro atoms. The summed E-state index contributed by atoms with van der Waals surface area (Å²) in [5, 5.41) is 4.14. The number of carbonyl (C=O) groups excluding carboxylic acids is 1. The summed E-state index contributed by atoms with van der Waals surface area (Å²) in [6.07, 6.45) is 0.331. The fourth-order valence-corrected chi connectivity index (χ4v) is 2.10. The van der Waals surface area contributed by atoms with Crippen LogP contribution in [-0.2, 0) is 11.2 Å². The van der Waals surface area contributed by atoms with Gasteiger partial charge in [0.1, 0.15) is 0 Å². The van der Waals surface area contributed by atoms with Crippen LogP contribution >= 0.6 is 15.9 Å². The maximum absolute atomic E-state index is 11.9. The molecule has 0 heterocycles. The van der Waals surface area contributed by atoms with E-state index in [4.69, 9.17) is 0 Å². The van der Waals surface area contributed by atoms with E-state index in [1.807, 2.05) is 62.4 Å². The summed E-state index contributed by atoms with van der Waals surface area (Å²) >= 11 is 3.39. The minimum Gasteiger partial charge on any atom is -0.273 e. The molecule has 0 atom stereocenters. The van der Waals surface area contributed by atoms with Crippen LogP contribution in [0, 0.1) is 6.92 Å². The molecule has 1 N–H and O–H groups in total. The molecule has 0 aliphatic carbocycles. The number of hydrogen-bond donors (Lipinski definition) is 1. The largest absolute Gasteiger partial charge is 0.273 e. The summed E-state index contributed by atoms with van der Waals surface area (Å²) in [6.45, 7) is 3.89. The van der Waals surface area contributed by atoms with Gasteiger partial charge in [0.05, 0.1) is 12.1 Å². The molecule has 0 unspecified atom stereocenters. The third kappa shape index (κ3) is 4.83. The van der Waals surface area contributed by atoms with Gasteiger partial charge < -0.3 is 0 Å². The van der Waals surface area contributed by atoms with Gasteiger partial charge in [-0.3, -0.25) is 4.79 Å². The number of halogens is 1. The van der Waals surface area contributed by atoms with Crippen LogP contribution in [0.2, 0.25) is 0 Å². The third-order valence-electron chi connectivity index (χ3n) is 3.10. The van der Waals surface area contributed by atoms with E-state index >= 15 is 0 Å². The van der Waals surface area contributed by atoms with Crippen LogP contribution in [0.4, 0.5) is 0 Å². The van der Waals surface area contributed by atoms with Crippen molar-refractivity contribution in [3.63, 3.8) is 0 Å². The van der Waals surface area contributed by atoms with Crippen LogP contribution in [0.1, 0.15) is 23.6 Å². The van der Waals surface area contributed by atoms with E-state index in [1.165, 1.54) is 5.56 Å². The second-order valence-corrected chi connectivity index (χ2v) is 5.82. The minimum atomic E-state index is -0.115. The van der Waals surface area contributed by atoms with Crippen molar-refractivity contribution >= 4 is 27.5 Å². The predicted octanol–water partition coefficient (Wildman–Crippen LogP) is 3.84. The summed E-state index contributed by atoms with van der Waals surface area (Å²) in [5.74, 6) is -0.115. The number of nitrogens with one attached hydrogen (secondary N) is 1. The highest BCUT2D eigenvalue weighted by atomic mass is 79.9. The molecular formula is C17H17BrN2O. The van der Waals surface area contributed by atoms with Crippen LogP contribution < -0.4 is 5.43 Å². The molecule has 3 nitrogen and oxygen atoms in total. The van der Waals surface area contributed by atoms with Crippen molar-refractivity contribution in [3.8, 4) is 0 Å². The Balaban J connectivity index is 1.94. The Morgan fingerprint density at radius 3 is 2.33 bits per heavy atom. The molecule has 21 heavy (non-hydrogen) atoms. The van der Waals surface area contributed by atoms with Crippen molar-refractivity contribution < 1.29 is 4.79 Å². The van der Waals surface area contributed by atoms with E-state index in [0.29, 0.717) is 6.42 Å². The first kappa shape index (κ1) is 15.4. The number of hydrazone groups is 1. The summed E-state index contributed by atoms with van der Waals surface area (Å²) in [6, 6.07) is 15.7. The standard InChI is InChI=1S/C17H17BrN2O/c1-12-3-5-14(6-4-12)11-17(21)20-19-13(2)15-7-9-16(18)10-8-15/h3-10H,11H2,1-2H3,(H,20,21)/b19-13+. The first-order chi connectivity index (χ1) is 10.0. The minimum absolute atomic E-state index is 0.115. The molecule has 0 radical (unpaired) electrons. The van der Waals surface area contributed by atoms with E-state index in [0.717, 1.165) is 21.3 Å². The molecule has 2 aromatic carbocycles. The molecule has 0 bridgehead atoms. The average molecular weight is 345 g/mol. The Morgan fingerprint density at radius 1 is 1.10 bits per heavy atom. The molecule has 108 valence electrons. The van der Waals surface area contributed by atoms with Gasteiger partial charge in [-0.05, 0) is 37.1 Å². The summed E-state index contributed by atoms with van der Waals surface area (Å²) in [7, 11) is 0. The van der Waals surface area contributed by atoms with Gasteiger partial charge in [0.25, 0.3) is 0 Å². The van der Waals surface area contributed by atoms with E-state index in [1.54, 1.807) is 0 Å². The Hall–Kier alpha value is -1.94. The maximum atomic E-state index is 11.9. The zero-order valence-electron chi connectivity index (χ0n) is 12.1. The third-order valence-corrected chi connectivity index (χ3v) is 3.62. The zero-order chi connectivity index (χ0) is 15.2.